The van der Waals surface area contributed by atoms with Gasteiger partial charge in [-0.2, -0.15) is 0 Å². The molecule has 33 heavy (non-hydrogen) atoms. The van der Waals surface area contributed by atoms with Crippen LogP contribution in [-0.4, -0.2) is 57.8 Å². The van der Waals surface area contributed by atoms with Gasteiger partial charge < -0.3 is 24.4 Å². The van der Waals surface area contributed by atoms with E-state index in [0.717, 1.165) is 0 Å². The lowest BCUT2D eigenvalue weighted by atomic mass is 9.56. The first-order valence-electron chi connectivity index (χ1n) is 12.4. The first-order valence-corrected chi connectivity index (χ1v) is 12.4. The van der Waals surface area contributed by atoms with E-state index in [1.807, 2.05) is 20.8 Å². The molecular formula is C26H42O7. The van der Waals surface area contributed by atoms with Crippen LogP contribution in [0.3, 0.4) is 0 Å². The van der Waals surface area contributed by atoms with Crippen molar-refractivity contribution in [2.45, 2.75) is 116 Å². The monoisotopic (exact) mass is 466 g/mol. The van der Waals surface area contributed by atoms with Gasteiger partial charge in [0.15, 0.2) is 0 Å². The normalized spacial score (nSPS) is 43.3. The first-order chi connectivity index (χ1) is 15.3. The van der Waals surface area contributed by atoms with Crippen molar-refractivity contribution in [3.05, 3.63) is 12.2 Å². The van der Waals surface area contributed by atoms with Crippen LogP contribution in [0, 0.1) is 23.7 Å². The van der Waals surface area contributed by atoms with E-state index in [1.54, 1.807) is 0 Å². The Bertz CT molecular complexity index is 764. The van der Waals surface area contributed by atoms with E-state index in [0.29, 0.717) is 44.1 Å². The molecule has 2 bridgehead atoms. The number of hydrogen-bond donors (Lipinski definition) is 2. The number of rotatable bonds is 5. The maximum Gasteiger partial charge on any atom is 0.306 e. The largest absolute Gasteiger partial charge is 0.459 e. The highest BCUT2D eigenvalue weighted by atomic mass is 16.6. The van der Waals surface area contributed by atoms with Crippen molar-refractivity contribution < 1.29 is 34.0 Å². The van der Waals surface area contributed by atoms with Gasteiger partial charge in [0.25, 0.3) is 0 Å². The van der Waals surface area contributed by atoms with Crippen LogP contribution >= 0.6 is 0 Å². The molecule has 2 heterocycles. The van der Waals surface area contributed by atoms with E-state index in [4.69, 9.17) is 14.2 Å². The van der Waals surface area contributed by atoms with Crippen molar-refractivity contribution in [2.24, 2.45) is 23.7 Å². The van der Waals surface area contributed by atoms with Crippen molar-refractivity contribution in [3.63, 3.8) is 0 Å². The summed E-state index contributed by atoms with van der Waals surface area (Å²) >= 11 is 0. The number of aliphatic hydroxyl groups excluding tert-OH is 2. The number of ether oxygens (including phenoxy) is 3. The maximum absolute atomic E-state index is 12.7. The predicted octanol–water partition coefficient (Wildman–Crippen LogP) is 3.55. The van der Waals surface area contributed by atoms with Crippen molar-refractivity contribution in [3.8, 4) is 0 Å². The van der Waals surface area contributed by atoms with Gasteiger partial charge in [-0.25, -0.2) is 0 Å². The molecule has 2 N–H and O–H groups in total. The van der Waals surface area contributed by atoms with Crippen molar-refractivity contribution >= 4 is 11.9 Å². The molecule has 0 aromatic carbocycles. The van der Waals surface area contributed by atoms with Crippen LogP contribution in [-0.2, 0) is 23.8 Å². The molecule has 188 valence electrons. The third-order valence-electron chi connectivity index (χ3n) is 8.09. The molecule has 0 radical (unpaired) electrons. The number of hydrogen-bond acceptors (Lipinski definition) is 7. The van der Waals surface area contributed by atoms with Gasteiger partial charge in [-0.15, -0.1) is 0 Å². The second-order valence-corrected chi connectivity index (χ2v) is 11.2. The molecule has 0 amide bonds. The number of esters is 2. The summed E-state index contributed by atoms with van der Waals surface area (Å²) < 4.78 is 18.7. The van der Waals surface area contributed by atoms with Crippen molar-refractivity contribution in [1.29, 1.82) is 0 Å². The van der Waals surface area contributed by atoms with E-state index in [2.05, 4.69) is 20.4 Å². The van der Waals surface area contributed by atoms with Gasteiger partial charge in [-0.3, -0.25) is 9.59 Å². The van der Waals surface area contributed by atoms with Crippen LogP contribution in [0.15, 0.2) is 12.2 Å². The number of carbonyl (C=O) groups is 2. The number of carbonyl (C=O) groups excluding carboxylic acids is 2. The minimum atomic E-state index is -0.989. The summed E-state index contributed by atoms with van der Waals surface area (Å²) in [6, 6.07) is 0. The molecule has 0 spiro atoms. The third-order valence-corrected chi connectivity index (χ3v) is 8.09. The predicted molar refractivity (Wildman–Crippen MR) is 123 cm³/mol. The molecule has 7 heteroatoms. The topological polar surface area (TPSA) is 102 Å². The molecule has 1 saturated carbocycles. The number of aliphatic hydroxyl groups is 2. The minimum absolute atomic E-state index is 0.115. The Morgan fingerprint density at radius 1 is 1.21 bits per heavy atom. The van der Waals surface area contributed by atoms with E-state index in [-0.39, 0.29) is 35.7 Å². The zero-order valence-corrected chi connectivity index (χ0v) is 21.0. The Labute approximate surface area is 197 Å². The van der Waals surface area contributed by atoms with E-state index in [1.165, 1.54) is 6.92 Å². The molecule has 1 aliphatic carbocycles. The smallest absolute Gasteiger partial charge is 0.306 e. The highest BCUT2D eigenvalue weighted by molar-refractivity contribution is 5.70. The Hall–Kier alpha value is -1.44. The second-order valence-electron chi connectivity index (χ2n) is 11.2. The van der Waals surface area contributed by atoms with Crippen LogP contribution in [0.4, 0.5) is 0 Å². The van der Waals surface area contributed by atoms with E-state index in [9.17, 15) is 19.8 Å². The molecule has 7 nitrogen and oxygen atoms in total. The fourth-order valence-electron chi connectivity index (χ4n) is 6.83. The Balaban J connectivity index is 2.14. The summed E-state index contributed by atoms with van der Waals surface area (Å²) in [5.41, 5.74) is -1.27. The SMILES string of the molecule is C=C1CC2OC(C3C(C(C)C)C(O)CC(C)(OC(C)=O)C23)C(C)(OC(=O)CCC)CCC1O. The van der Waals surface area contributed by atoms with Crippen LogP contribution in [0.2, 0.25) is 0 Å². The summed E-state index contributed by atoms with van der Waals surface area (Å²) in [5.74, 6) is -1.09. The minimum Gasteiger partial charge on any atom is -0.459 e. The molecule has 3 rings (SSSR count). The van der Waals surface area contributed by atoms with Gasteiger partial charge in [0.1, 0.15) is 17.3 Å². The highest BCUT2D eigenvalue weighted by Crippen LogP contribution is 2.58. The summed E-state index contributed by atoms with van der Waals surface area (Å²) in [6.07, 6.45) is 0.247. The summed E-state index contributed by atoms with van der Waals surface area (Å²) in [6.45, 7) is 15.3. The molecule has 0 aromatic rings. The summed E-state index contributed by atoms with van der Waals surface area (Å²) in [7, 11) is 0. The van der Waals surface area contributed by atoms with Gasteiger partial charge in [0, 0.05) is 31.6 Å². The van der Waals surface area contributed by atoms with Crippen molar-refractivity contribution in [2.75, 3.05) is 0 Å². The van der Waals surface area contributed by atoms with Gasteiger partial charge >= 0.3 is 11.9 Å². The average Bonchev–Trinajstić information content (AvgIpc) is 3.06. The van der Waals surface area contributed by atoms with Crippen LogP contribution in [0.25, 0.3) is 0 Å². The van der Waals surface area contributed by atoms with Gasteiger partial charge in [0.2, 0.25) is 0 Å². The van der Waals surface area contributed by atoms with Gasteiger partial charge in [-0.05, 0) is 56.9 Å². The Morgan fingerprint density at radius 3 is 2.45 bits per heavy atom. The average molecular weight is 467 g/mol. The molecule has 2 aliphatic heterocycles. The van der Waals surface area contributed by atoms with Crippen LogP contribution in [0.1, 0.15) is 80.1 Å². The van der Waals surface area contributed by atoms with Crippen LogP contribution < -0.4 is 0 Å². The Morgan fingerprint density at radius 2 is 1.88 bits per heavy atom. The first kappa shape index (κ1) is 26.2. The van der Waals surface area contributed by atoms with E-state index < -0.39 is 35.5 Å². The molecule has 3 fully saturated rings. The van der Waals surface area contributed by atoms with Crippen LogP contribution in [0.5, 0.6) is 0 Å². The lowest BCUT2D eigenvalue weighted by molar-refractivity contribution is -0.194. The highest BCUT2D eigenvalue weighted by Gasteiger charge is 2.66. The molecule has 3 aliphatic rings. The Kier molecular flexibility index (Phi) is 7.67. The fraction of sp³-hybridized carbons (Fsp3) is 0.846. The quantitative estimate of drug-likeness (QED) is 0.472. The van der Waals surface area contributed by atoms with Crippen molar-refractivity contribution in [1.82, 2.24) is 0 Å². The molecular weight excluding hydrogens is 424 g/mol. The second kappa shape index (κ2) is 9.67. The molecule has 9 unspecified atom stereocenters. The van der Waals surface area contributed by atoms with Gasteiger partial charge in [-0.1, -0.05) is 27.4 Å². The summed E-state index contributed by atoms with van der Waals surface area (Å²) in [4.78, 5) is 24.8. The lowest BCUT2D eigenvalue weighted by Gasteiger charge is -2.52. The molecule has 9 atom stereocenters. The molecule has 2 saturated heterocycles. The zero-order chi connectivity index (χ0) is 24.7. The lowest BCUT2D eigenvalue weighted by Crippen LogP contribution is -2.60. The van der Waals surface area contributed by atoms with E-state index >= 15 is 0 Å². The third kappa shape index (κ3) is 5.01. The maximum atomic E-state index is 12.7. The fourth-order valence-corrected chi connectivity index (χ4v) is 6.83. The standard InChI is InChI=1S/C26H42O7/c1-8-9-20(30)33-25(6)11-10-17(28)15(4)12-19-23-22(24(25)31-19)21(14(2)3)18(29)13-26(23,7)32-16(5)27/h14,17-19,21-24,28-29H,4,8-13H2,1-3,5-7H3. The number of fused-ring (bicyclic) bond motifs is 5. The summed E-state index contributed by atoms with van der Waals surface area (Å²) in [5, 5.41) is 22.0. The zero-order valence-electron chi connectivity index (χ0n) is 21.0. The molecule has 0 aromatic heterocycles. The van der Waals surface area contributed by atoms with Gasteiger partial charge in [0.05, 0.1) is 18.3 Å².